The Morgan fingerprint density at radius 1 is 1.27 bits per heavy atom. The van der Waals surface area contributed by atoms with Gasteiger partial charge in [-0.25, -0.2) is 18.1 Å². The van der Waals surface area contributed by atoms with E-state index in [2.05, 4.69) is 9.71 Å². The van der Waals surface area contributed by atoms with Gasteiger partial charge in [0.25, 0.3) is 0 Å². The summed E-state index contributed by atoms with van der Waals surface area (Å²) in [6.07, 6.45) is 1.94. The van der Waals surface area contributed by atoms with Crippen molar-refractivity contribution < 1.29 is 22.3 Å². The predicted octanol–water partition coefficient (Wildman–Crippen LogP) is 1.52. The van der Waals surface area contributed by atoms with Crippen molar-refractivity contribution in [3.05, 3.63) is 36.0 Å². The van der Waals surface area contributed by atoms with E-state index >= 15 is 0 Å². The Morgan fingerprint density at radius 3 is 2.64 bits per heavy atom. The summed E-state index contributed by atoms with van der Waals surface area (Å²) in [6, 6.07) is 4.60. The average molecular weight is 326 g/mol. The maximum Gasteiger partial charge on any atom is 0.244 e. The number of hydrogen-bond acceptors (Lipinski definition) is 6. The number of aryl methyl sites for hydroxylation is 1. The molecule has 0 aliphatic carbocycles. The highest BCUT2D eigenvalue weighted by molar-refractivity contribution is 7.89. The van der Waals surface area contributed by atoms with Crippen molar-refractivity contribution in [1.29, 1.82) is 0 Å². The van der Waals surface area contributed by atoms with E-state index in [4.69, 9.17) is 13.9 Å². The molecular formula is C14H18N2O5S. The maximum absolute atomic E-state index is 12.4. The minimum absolute atomic E-state index is 0.0330. The molecule has 0 saturated heterocycles. The lowest BCUT2D eigenvalue weighted by molar-refractivity contribution is 0.392. The van der Waals surface area contributed by atoms with Crippen LogP contribution in [0.2, 0.25) is 0 Å². The molecule has 0 atom stereocenters. The molecule has 0 saturated carbocycles. The third-order valence-electron chi connectivity index (χ3n) is 3.00. The molecule has 120 valence electrons. The van der Waals surface area contributed by atoms with Crippen LogP contribution < -0.4 is 14.2 Å². The molecular weight excluding hydrogens is 308 g/mol. The highest BCUT2D eigenvalue weighted by atomic mass is 32.2. The first-order valence-electron chi connectivity index (χ1n) is 6.59. The maximum atomic E-state index is 12.4. The SMILES string of the molecule is COc1ccc(OC)c(S(=O)(=O)NCCc2coc(C)n2)c1. The van der Waals surface area contributed by atoms with Crippen molar-refractivity contribution in [1.82, 2.24) is 9.71 Å². The average Bonchev–Trinajstić information content (AvgIpc) is 2.91. The van der Waals surface area contributed by atoms with E-state index in [1.807, 2.05) is 0 Å². The van der Waals surface area contributed by atoms with Crippen molar-refractivity contribution in [2.75, 3.05) is 20.8 Å². The van der Waals surface area contributed by atoms with E-state index in [-0.39, 0.29) is 17.2 Å². The van der Waals surface area contributed by atoms with E-state index < -0.39 is 10.0 Å². The van der Waals surface area contributed by atoms with Crippen molar-refractivity contribution in [3.8, 4) is 11.5 Å². The van der Waals surface area contributed by atoms with Crippen LogP contribution in [0.4, 0.5) is 0 Å². The van der Waals surface area contributed by atoms with Gasteiger partial charge in [-0.05, 0) is 12.1 Å². The van der Waals surface area contributed by atoms with Crippen LogP contribution in [0.25, 0.3) is 0 Å². The highest BCUT2D eigenvalue weighted by Crippen LogP contribution is 2.27. The van der Waals surface area contributed by atoms with Gasteiger partial charge < -0.3 is 13.9 Å². The summed E-state index contributed by atoms with van der Waals surface area (Å²) < 4.78 is 42.5. The zero-order valence-corrected chi connectivity index (χ0v) is 13.4. The van der Waals surface area contributed by atoms with Crippen LogP contribution in [0.15, 0.2) is 33.8 Å². The van der Waals surface area contributed by atoms with Gasteiger partial charge in [-0.2, -0.15) is 0 Å². The molecule has 0 unspecified atom stereocenters. The minimum atomic E-state index is -3.71. The van der Waals surface area contributed by atoms with Crippen LogP contribution in [0.3, 0.4) is 0 Å². The Kier molecular flexibility index (Phi) is 5.04. The number of ether oxygens (including phenoxy) is 2. The van der Waals surface area contributed by atoms with Gasteiger partial charge in [0, 0.05) is 26.0 Å². The second kappa shape index (κ2) is 6.80. The molecule has 1 aromatic carbocycles. The van der Waals surface area contributed by atoms with Crippen molar-refractivity contribution in [2.45, 2.75) is 18.2 Å². The Morgan fingerprint density at radius 2 is 2.05 bits per heavy atom. The van der Waals surface area contributed by atoms with Gasteiger partial charge in [0.2, 0.25) is 10.0 Å². The molecule has 0 aliphatic rings. The number of benzene rings is 1. The lowest BCUT2D eigenvalue weighted by Crippen LogP contribution is -2.26. The lowest BCUT2D eigenvalue weighted by atomic mass is 10.3. The number of nitrogens with one attached hydrogen (secondary N) is 1. The van der Waals surface area contributed by atoms with E-state index in [9.17, 15) is 8.42 Å². The molecule has 0 bridgehead atoms. The van der Waals surface area contributed by atoms with E-state index in [1.165, 1.54) is 26.5 Å². The molecule has 22 heavy (non-hydrogen) atoms. The molecule has 2 aromatic rings. The fraction of sp³-hybridized carbons (Fsp3) is 0.357. The molecule has 0 aliphatic heterocycles. The summed E-state index contributed by atoms with van der Waals surface area (Å²) in [5.74, 6) is 1.24. The fourth-order valence-corrected chi connectivity index (χ4v) is 3.12. The highest BCUT2D eigenvalue weighted by Gasteiger charge is 2.20. The second-order valence-corrected chi connectivity index (χ2v) is 6.26. The number of sulfonamides is 1. The monoisotopic (exact) mass is 326 g/mol. The summed E-state index contributed by atoms with van der Waals surface area (Å²) in [7, 11) is -0.826. The Bertz CT molecular complexity index is 739. The van der Waals surface area contributed by atoms with Gasteiger partial charge in [-0.3, -0.25) is 0 Å². The zero-order valence-electron chi connectivity index (χ0n) is 12.6. The third-order valence-corrected chi connectivity index (χ3v) is 4.48. The van der Waals surface area contributed by atoms with Crippen LogP contribution in [-0.2, 0) is 16.4 Å². The fourth-order valence-electron chi connectivity index (χ4n) is 1.91. The predicted molar refractivity (Wildman–Crippen MR) is 79.7 cm³/mol. The first-order chi connectivity index (χ1) is 10.5. The molecule has 8 heteroatoms. The van der Waals surface area contributed by atoms with E-state index in [0.29, 0.717) is 23.8 Å². The Balaban J connectivity index is 2.12. The van der Waals surface area contributed by atoms with E-state index in [0.717, 1.165) is 0 Å². The lowest BCUT2D eigenvalue weighted by Gasteiger charge is -2.11. The first-order valence-corrected chi connectivity index (χ1v) is 8.07. The Labute approximate surface area is 129 Å². The van der Waals surface area contributed by atoms with Gasteiger partial charge in [0.05, 0.1) is 19.9 Å². The number of rotatable bonds is 7. The smallest absolute Gasteiger partial charge is 0.244 e. The van der Waals surface area contributed by atoms with Gasteiger partial charge in [0.1, 0.15) is 22.7 Å². The van der Waals surface area contributed by atoms with Crippen molar-refractivity contribution in [2.24, 2.45) is 0 Å². The number of hydrogen-bond donors (Lipinski definition) is 1. The molecule has 2 rings (SSSR count). The van der Waals surface area contributed by atoms with Gasteiger partial charge in [-0.1, -0.05) is 0 Å². The molecule has 1 heterocycles. The second-order valence-electron chi connectivity index (χ2n) is 4.52. The third kappa shape index (κ3) is 3.77. The minimum Gasteiger partial charge on any atom is -0.497 e. The standard InChI is InChI=1S/C14H18N2O5S/c1-10-16-11(9-21-10)6-7-15-22(17,18)14-8-12(19-2)4-5-13(14)20-3/h4-5,8-9,15H,6-7H2,1-3H3. The topological polar surface area (TPSA) is 90.7 Å². The van der Waals surface area contributed by atoms with Crippen LogP contribution >= 0.6 is 0 Å². The molecule has 0 spiro atoms. The summed E-state index contributed by atoms with van der Waals surface area (Å²) in [5.41, 5.74) is 0.692. The first kappa shape index (κ1) is 16.3. The largest absolute Gasteiger partial charge is 0.497 e. The van der Waals surface area contributed by atoms with Crippen molar-refractivity contribution in [3.63, 3.8) is 0 Å². The molecule has 7 nitrogen and oxygen atoms in total. The number of methoxy groups -OCH3 is 2. The van der Waals surface area contributed by atoms with Gasteiger partial charge in [-0.15, -0.1) is 0 Å². The molecule has 1 N–H and O–H groups in total. The summed E-state index contributed by atoms with van der Waals surface area (Å²) in [6.45, 7) is 1.93. The van der Waals surface area contributed by atoms with Crippen LogP contribution in [-0.4, -0.2) is 34.2 Å². The Hall–Kier alpha value is -2.06. The summed E-state index contributed by atoms with van der Waals surface area (Å²) >= 11 is 0. The van der Waals surface area contributed by atoms with Crippen molar-refractivity contribution >= 4 is 10.0 Å². The van der Waals surface area contributed by atoms with Crippen LogP contribution in [0.1, 0.15) is 11.6 Å². The number of oxazole rings is 1. The summed E-state index contributed by atoms with van der Waals surface area (Å²) in [4.78, 5) is 4.15. The van der Waals surface area contributed by atoms with Crippen LogP contribution in [0.5, 0.6) is 11.5 Å². The molecule has 0 fully saturated rings. The van der Waals surface area contributed by atoms with Gasteiger partial charge >= 0.3 is 0 Å². The van der Waals surface area contributed by atoms with Crippen LogP contribution in [0, 0.1) is 6.92 Å². The van der Waals surface area contributed by atoms with Gasteiger partial charge in [0.15, 0.2) is 5.89 Å². The zero-order chi connectivity index (χ0) is 16.2. The van der Waals surface area contributed by atoms with E-state index in [1.54, 1.807) is 19.1 Å². The number of aromatic nitrogens is 1. The molecule has 0 amide bonds. The normalized spacial score (nSPS) is 11.4. The quantitative estimate of drug-likeness (QED) is 0.829. The summed E-state index contributed by atoms with van der Waals surface area (Å²) in [5, 5.41) is 0. The molecule has 0 radical (unpaired) electrons. The number of nitrogens with zero attached hydrogens (tertiary/aromatic N) is 1. The molecule has 1 aromatic heterocycles.